The van der Waals surface area contributed by atoms with Crippen molar-refractivity contribution < 1.29 is 0 Å². The molecule has 0 aromatic heterocycles. The van der Waals surface area contributed by atoms with Crippen LogP contribution in [0.3, 0.4) is 0 Å². The molecule has 0 aliphatic rings. The van der Waals surface area contributed by atoms with Crippen molar-refractivity contribution in [2.45, 2.75) is 45.4 Å². The molecule has 0 spiro atoms. The van der Waals surface area contributed by atoms with Crippen molar-refractivity contribution in [3.63, 3.8) is 0 Å². The van der Waals surface area contributed by atoms with Crippen molar-refractivity contribution in [1.82, 2.24) is 0 Å². The summed E-state index contributed by atoms with van der Waals surface area (Å²) in [4.78, 5) is 0. The van der Waals surface area contributed by atoms with E-state index in [4.69, 9.17) is 11.6 Å². The van der Waals surface area contributed by atoms with Gasteiger partial charge < -0.3 is 0 Å². The molecule has 0 fully saturated rings. The molecule has 0 aromatic rings. The van der Waals surface area contributed by atoms with Gasteiger partial charge in [-0.1, -0.05) is 43.6 Å². The summed E-state index contributed by atoms with van der Waals surface area (Å²) in [5.74, 6) is 0.821. The molecule has 13 heavy (non-hydrogen) atoms. The molecule has 0 radical (unpaired) electrons. The minimum Gasteiger partial charge on any atom is -0.127 e. The lowest BCUT2D eigenvalue weighted by Gasteiger charge is -1.96. The van der Waals surface area contributed by atoms with E-state index in [0.717, 1.165) is 5.88 Å². The second-order valence-electron chi connectivity index (χ2n) is 3.20. The van der Waals surface area contributed by atoms with Gasteiger partial charge in [0.1, 0.15) is 0 Å². The monoisotopic (exact) mass is 200 g/mol. The highest BCUT2D eigenvalue weighted by Gasteiger charge is 1.87. The van der Waals surface area contributed by atoms with Crippen LogP contribution in [-0.4, -0.2) is 5.88 Å². The van der Waals surface area contributed by atoms with Gasteiger partial charge in [0, 0.05) is 5.88 Å². The summed E-state index contributed by atoms with van der Waals surface area (Å²) in [5, 5.41) is 0. The van der Waals surface area contributed by atoms with E-state index in [0.29, 0.717) is 0 Å². The number of rotatable bonds is 8. The summed E-state index contributed by atoms with van der Waals surface area (Å²) >= 11 is 5.58. The van der Waals surface area contributed by atoms with Crippen molar-refractivity contribution in [3.8, 4) is 0 Å². The smallest absolute Gasteiger partial charge is 0.0223 e. The van der Waals surface area contributed by atoms with Crippen molar-refractivity contribution >= 4 is 11.6 Å². The lowest BCUT2D eigenvalue weighted by Crippen LogP contribution is -1.79. The Bertz CT molecular complexity index is 136. The van der Waals surface area contributed by atoms with Crippen LogP contribution in [0, 0.1) is 0 Å². The second-order valence-corrected chi connectivity index (χ2v) is 3.58. The van der Waals surface area contributed by atoms with Crippen LogP contribution < -0.4 is 0 Å². The van der Waals surface area contributed by atoms with E-state index in [1.807, 2.05) is 6.92 Å². The van der Waals surface area contributed by atoms with Crippen LogP contribution in [0.4, 0.5) is 0 Å². The van der Waals surface area contributed by atoms with Gasteiger partial charge in [-0.2, -0.15) is 0 Å². The van der Waals surface area contributed by atoms with E-state index in [-0.39, 0.29) is 0 Å². The predicted octanol–water partition coefficient (Wildman–Crippen LogP) is 4.70. The molecule has 76 valence electrons. The van der Waals surface area contributed by atoms with E-state index < -0.39 is 0 Å². The van der Waals surface area contributed by atoms with Gasteiger partial charge in [-0.3, -0.25) is 0 Å². The average Bonchev–Trinajstić information content (AvgIpc) is 2.16. The Hall–Kier alpha value is -0.230. The molecule has 0 amide bonds. The topological polar surface area (TPSA) is 0 Å². The molecule has 0 bridgehead atoms. The average molecular weight is 201 g/mol. The lowest BCUT2D eigenvalue weighted by atomic mass is 10.1. The zero-order valence-corrected chi connectivity index (χ0v) is 9.39. The Balaban J connectivity index is 2.99. The molecule has 0 saturated carbocycles. The number of alkyl halides is 1. The Morgan fingerprint density at radius 3 is 2.31 bits per heavy atom. The summed E-state index contributed by atoms with van der Waals surface area (Å²) < 4.78 is 0. The summed E-state index contributed by atoms with van der Waals surface area (Å²) in [6.45, 7) is 2.04. The van der Waals surface area contributed by atoms with Gasteiger partial charge in [0.15, 0.2) is 0 Å². The summed E-state index contributed by atoms with van der Waals surface area (Å²) in [6, 6.07) is 0. The Labute approximate surface area is 87.7 Å². The van der Waals surface area contributed by atoms with Crippen molar-refractivity contribution in [2.24, 2.45) is 0 Å². The second kappa shape index (κ2) is 11.8. The molecule has 1 heteroatoms. The maximum Gasteiger partial charge on any atom is 0.0223 e. The normalized spacial score (nSPS) is 11.8. The third-order valence-corrected chi connectivity index (χ3v) is 2.21. The molecule has 0 atom stereocenters. The van der Waals surface area contributed by atoms with E-state index in [2.05, 4.69) is 24.3 Å². The first kappa shape index (κ1) is 12.8. The largest absolute Gasteiger partial charge is 0.127 e. The molecule has 0 nitrogen and oxygen atoms in total. The highest BCUT2D eigenvalue weighted by Crippen LogP contribution is 2.06. The van der Waals surface area contributed by atoms with Crippen LogP contribution in [0.15, 0.2) is 24.3 Å². The number of hydrogen-bond donors (Lipinski definition) is 0. The minimum atomic E-state index is 0.821. The lowest BCUT2D eigenvalue weighted by molar-refractivity contribution is 0.639. The minimum absolute atomic E-state index is 0.821. The van der Waals surface area contributed by atoms with Gasteiger partial charge in [0.25, 0.3) is 0 Å². The highest BCUT2D eigenvalue weighted by atomic mass is 35.5. The van der Waals surface area contributed by atoms with Crippen LogP contribution in [0.1, 0.15) is 45.4 Å². The van der Waals surface area contributed by atoms with E-state index >= 15 is 0 Å². The van der Waals surface area contributed by atoms with Crippen molar-refractivity contribution in [2.75, 3.05) is 5.88 Å². The van der Waals surface area contributed by atoms with Crippen LogP contribution in [-0.2, 0) is 0 Å². The van der Waals surface area contributed by atoms with Crippen molar-refractivity contribution in [3.05, 3.63) is 24.3 Å². The number of unbranched alkanes of at least 4 members (excludes halogenated alkanes) is 5. The molecular weight excluding hydrogens is 180 g/mol. The predicted molar refractivity (Wildman–Crippen MR) is 62.4 cm³/mol. The van der Waals surface area contributed by atoms with Gasteiger partial charge >= 0.3 is 0 Å². The van der Waals surface area contributed by atoms with Crippen LogP contribution >= 0.6 is 11.6 Å². The first-order chi connectivity index (χ1) is 6.41. The third-order valence-electron chi connectivity index (χ3n) is 1.94. The van der Waals surface area contributed by atoms with Crippen LogP contribution in [0.2, 0.25) is 0 Å². The van der Waals surface area contributed by atoms with Gasteiger partial charge in [-0.25, -0.2) is 0 Å². The van der Waals surface area contributed by atoms with Crippen molar-refractivity contribution in [1.29, 1.82) is 0 Å². The molecule has 0 aromatic carbocycles. The highest BCUT2D eigenvalue weighted by molar-refractivity contribution is 6.17. The van der Waals surface area contributed by atoms with Gasteiger partial charge in [-0.15, -0.1) is 11.6 Å². The molecule has 0 aliphatic heterocycles. The van der Waals surface area contributed by atoms with Gasteiger partial charge in [-0.05, 0) is 26.2 Å². The van der Waals surface area contributed by atoms with Crippen LogP contribution in [0.5, 0.6) is 0 Å². The Kier molecular flexibility index (Phi) is 11.6. The van der Waals surface area contributed by atoms with E-state index in [9.17, 15) is 0 Å². The number of hydrogen-bond acceptors (Lipinski definition) is 0. The zero-order valence-electron chi connectivity index (χ0n) is 8.64. The van der Waals surface area contributed by atoms with E-state index in [1.54, 1.807) is 0 Å². The molecular formula is C12H21Cl. The first-order valence-corrected chi connectivity index (χ1v) is 5.79. The Morgan fingerprint density at radius 1 is 0.923 bits per heavy atom. The summed E-state index contributed by atoms with van der Waals surface area (Å²) in [5.41, 5.74) is 0. The summed E-state index contributed by atoms with van der Waals surface area (Å²) in [7, 11) is 0. The number of halogens is 1. The fraction of sp³-hybridized carbons (Fsp3) is 0.667. The fourth-order valence-corrected chi connectivity index (χ4v) is 1.36. The first-order valence-electron chi connectivity index (χ1n) is 5.25. The molecule has 0 unspecified atom stereocenters. The zero-order chi connectivity index (χ0) is 9.78. The molecule has 0 saturated heterocycles. The number of allylic oxidation sites excluding steroid dienone is 4. The quantitative estimate of drug-likeness (QED) is 0.303. The SMILES string of the molecule is C/C=C/C=C/CCCCCCCCl. The third kappa shape index (κ3) is 11.8. The molecule has 0 rings (SSSR count). The fourth-order valence-electron chi connectivity index (χ4n) is 1.17. The maximum absolute atomic E-state index is 5.58. The molecule has 0 heterocycles. The van der Waals surface area contributed by atoms with Crippen LogP contribution in [0.25, 0.3) is 0 Å². The molecule has 0 N–H and O–H groups in total. The Morgan fingerprint density at radius 2 is 1.62 bits per heavy atom. The summed E-state index contributed by atoms with van der Waals surface area (Å²) in [6.07, 6.45) is 16.2. The van der Waals surface area contributed by atoms with E-state index in [1.165, 1.54) is 38.5 Å². The standard InChI is InChI=1S/C12H21Cl/c1-2-3-4-5-6-7-8-9-10-11-12-13/h2-5H,6-12H2,1H3/b3-2+,5-4+. The van der Waals surface area contributed by atoms with Gasteiger partial charge in [0.2, 0.25) is 0 Å². The van der Waals surface area contributed by atoms with Gasteiger partial charge in [0.05, 0.1) is 0 Å². The maximum atomic E-state index is 5.58. The molecule has 0 aliphatic carbocycles.